The number of hydrogen-bond acceptors (Lipinski definition) is 1. The monoisotopic (exact) mass is 212 g/mol. The van der Waals surface area contributed by atoms with Crippen molar-refractivity contribution in [1.82, 2.24) is 0 Å². The Bertz CT molecular complexity index is 145. The maximum Gasteiger partial charge on any atom is 0.347 e. The number of rotatable bonds is 7. The van der Waals surface area contributed by atoms with Gasteiger partial charge in [0.05, 0.1) is 0 Å². The van der Waals surface area contributed by atoms with Gasteiger partial charge in [0.15, 0.2) is 0 Å². The molecule has 1 nitrogen and oxygen atoms in total. The van der Waals surface area contributed by atoms with Gasteiger partial charge in [-0.1, -0.05) is 18.9 Å². The lowest BCUT2D eigenvalue weighted by atomic mass is 10.1. The van der Waals surface area contributed by atoms with Crippen molar-refractivity contribution in [1.29, 1.82) is 0 Å². The molecule has 1 unspecified atom stereocenters. The summed E-state index contributed by atoms with van der Waals surface area (Å²) in [7, 11) is 0. The Balaban J connectivity index is 3.37. The summed E-state index contributed by atoms with van der Waals surface area (Å²) in [6.07, 6.45) is 3.29. The Morgan fingerprint density at radius 3 is 2.46 bits per heavy atom. The number of alkyl halides is 3. The van der Waals surface area contributed by atoms with E-state index in [9.17, 15) is 8.78 Å². The Morgan fingerprint density at radius 1 is 1.38 bits per heavy atom. The number of unbranched alkanes of at least 4 members (excludes halogenated alkanes) is 3. The van der Waals surface area contributed by atoms with Crippen molar-refractivity contribution in [3.8, 4) is 0 Å². The summed E-state index contributed by atoms with van der Waals surface area (Å²) in [5.74, 6) is 0. The molecule has 78 valence electrons. The minimum Gasteiger partial charge on any atom is -0.385 e. The molecule has 0 aromatic rings. The van der Waals surface area contributed by atoms with Gasteiger partial charge in [0.1, 0.15) is 6.10 Å². The first-order valence-electron chi connectivity index (χ1n) is 4.34. The van der Waals surface area contributed by atoms with Gasteiger partial charge in [0.25, 0.3) is 0 Å². The van der Waals surface area contributed by atoms with Crippen molar-refractivity contribution in [3.05, 3.63) is 12.7 Å². The lowest BCUT2D eigenvalue weighted by Gasteiger charge is -2.15. The molecular formula is C9H15ClF2O. The SMILES string of the molecule is C=CCCCCCC(O)C(F)(F)Cl. The Labute approximate surface area is 82.4 Å². The van der Waals surface area contributed by atoms with Crippen LogP contribution in [0.25, 0.3) is 0 Å². The lowest BCUT2D eigenvalue weighted by Crippen LogP contribution is -2.26. The summed E-state index contributed by atoms with van der Waals surface area (Å²) in [4.78, 5) is 0. The van der Waals surface area contributed by atoms with Crippen LogP contribution in [-0.4, -0.2) is 16.6 Å². The first-order chi connectivity index (χ1) is 5.98. The van der Waals surface area contributed by atoms with Crippen LogP contribution in [0.3, 0.4) is 0 Å². The smallest absolute Gasteiger partial charge is 0.347 e. The van der Waals surface area contributed by atoms with E-state index in [0.29, 0.717) is 6.42 Å². The standard InChI is InChI=1S/C9H15ClF2O/c1-2-3-4-5-6-7-8(13)9(10,11)12/h2,8,13H,1,3-7H2. The zero-order valence-electron chi connectivity index (χ0n) is 7.48. The molecule has 4 heteroatoms. The summed E-state index contributed by atoms with van der Waals surface area (Å²) in [6, 6.07) is 0. The van der Waals surface area contributed by atoms with Crippen molar-refractivity contribution >= 4 is 11.6 Å². The highest BCUT2D eigenvalue weighted by Gasteiger charge is 2.34. The van der Waals surface area contributed by atoms with Crippen LogP contribution in [0, 0.1) is 0 Å². The van der Waals surface area contributed by atoms with Crippen LogP contribution < -0.4 is 0 Å². The third-order valence-electron chi connectivity index (χ3n) is 1.76. The second-order valence-electron chi connectivity index (χ2n) is 2.98. The van der Waals surface area contributed by atoms with Crippen LogP contribution in [0.5, 0.6) is 0 Å². The van der Waals surface area contributed by atoms with E-state index in [0.717, 1.165) is 19.3 Å². The van der Waals surface area contributed by atoms with Gasteiger partial charge in [-0.2, -0.15) is 8.78 Å². The van der Waals surface area contributed by atoms with Crippen molar-refractivity contribution in [2.45, 2.75) is 43.6 Å². The quantitative estimate of drug-likeness (QED) is 0.390. The van der Waals surface area contributed by atoms with Gasteiger partial charge < -0.3 is 5.11 Å². The van der Waals surface area contributed by atoms with Gasteiger partial charge in [0.2, 0.25) is 0 Å². The highest BCUT2D eigenvalue weighted by atomic mass is 35.5. The molecule has 0 amide bonds. The van der Waals surface area contributed by atoms with Crippen LogP contribution in [0.1, 0.15) is 32.1 Å². The van der Waals surface area contributed by atoms with Gasteiger partial charge in [-0.25, -0.2) is 0 Å². The summed E-state index contributed by atoms with van der Waals surface area (Å²) in [5, 5.41) is 5.35. The molecule has 0 saturated heterocycles. The van der Waals surface area contributed by atoms with Gasteiger partial charge >= 0.3 is 5.38 Å². The third kappa shape index (κ3) is 6.96. The Hall–Kier alpha value is -0.150. The van der Waals surface area contributed by atoms with Crippen LogP contribution in [-0.2, 0) is 0 Å². The molecule has 0 aromatic carbocycles. The normalized spacial score (nSPS) is 14.2. The minimum atomic E-state index is -3.49. The zero-order chi connectivity index (χ0) is 10.3. The van der Waals surface area contributed by atoms with Crippen LogP contribution in [0.2, 0.25) is 0 Å². The van der Waals surface area contributed by atoms with E-state index in [-0.39, 0.29) is 6.42 Å². The zero-order valence-corrected chi connectivity index (χ0v) is 8.23. The lowest BCUT2D eigenvalue weighted by molar-refractivity contribution is -0.0452. The molecule has 0 rings (SSSR count). The molecule has 0 aliphatic rings. The van der Waals surface area contributed by atoms with Gasteiger partial charge in [-0.3, -0.25) is 0 Å². The molecular weight excluding hydrogens is 198 g/mol. The number of aliphatic hydroxyl groups is 1. The van der Waals surface area contributed by atoms with E-state index >= 15 is 0 Å². The Kier molecular flexibility index (Phi) is 6.25. The van der Waals surface area contributed by atoms with Gasteiger partial charge in [-0.05, 0) is 30.9 Å². The second-order valence-corrected chi connectivity index (χ2v) is 3.49. The number of aliphatic hydroxyl groups excluding tert-OH is 1. The fourth-order valence-electron chi connectivity index (χ4n) is 0.967. The number of halogens is 3. The van der Waals surface area contributed by atoms with E-state index in [1.807, 2.05) is 0 Å². The van der Waals surface area contributed by atoms with E-state index in [2.05, 4.69) is 18.2 Å². The van der Waals surface area contributed by atoms with Gasteiger partial charge in [0, 0.05) is 0 Å². The summed E-state index contributed by atoms with van der Waals surface area (Å²) < 4.78 is 24.4. The summed E-state index contributed by atoms with van der Waals surface area (Å²) >= 11 is 4.62. The van der Waals surface area contributed by atoms with Crippen molar-refractivity contribution < 1.29 is 13.9 Å². The van der Waals surface area contributed by atoms with E-state index in [1.165, 1.54) is 0 Å². The maximum atomic E-state index is 12.2. The third-order valence-corrected chi connectivity index (χ3v) is 2.02. The van der Waals surface area contributed by atoms with Crippen molar-refractivity contribution in [3.63, 3.8) is 0 Å². The number of hydrogen-bond donors (Lipinski definition) is 1. The van der Waals surface area contributed by atoms with Crippen molar-refractivity contribution in [2.75, 3.05) is 0 Å². The first-order valence-corrected chi connectivity index (χ1v) is 4.72. The first kappa shape index (κ1) is 12.8. The Morgan fingerprint density at radius 2 is 2.00 bits per heavy atom. The predicted octanol–water partition coefficient (Wildman–Crippen LogP) is 3.32. The second kappa shape index (κ2) is 6.33. The predicted molar refractivity (Wildman–Crippen MR) is 50.1 cm³/mol. The van der Waals surface area contributed by atoms with E-state index < -0.39 is 11.5 Å². The fraction of sp³-hybridized carbons (Fsp3) is 0.778. The summed E-state index contributed by atoms with van der Waals surface area (Å²) in [6.45, 7) is 3.54. The molecule has 0 spiro atoms. The topological polar surface area (TPSA) is 20.2 Å². The molecule has 0 heterocycles. The molecule has 0 bridgehead atoms. The molecule has 0 aliphatic carbocycles. The van der Waals surface area contributed by atoms with Crippen LogP contribution in [0.4, 0.5) is 8.78 Å². The van der Waals surface area contributed by atoms with Gasteiger partial charge in [-0.15, -0.1) is 6.58 Å². The van der Waals surface area contributed by atoms with E-state index in [4.69, 9.17) is 5.11 Å². The highest BCUT2D eigenvalue weighted by Crippen LogP contribution is 2.26. The highest BCUT2D eigenvalue weighted by molar-refractivity contribution is 6.22. The minimum absolute atomic E-state index is 0.0492. The largest absolute Gasteiger partial charge is 0.385 e. The molecule has 0 fully saturated rings. The van der Waals surface area contributed by atoms with Crippen LogP contribution >= 0.6 is 11.6 Å². The average molecular weight is 213 g/mol. The van der Waals surface area contributed by atoms with E-state index in [1.54, 1.807) is 6.08 Å². The average Bonchev–Trinajstić information content (AvgIpc) is 2.02. The molecule has 0 aliphatic heterocycles. The maximum absolute atomic E-state index is 12.2. The molecule has 1 N–H and O–H groups in total. The number of allylic oxidation sites excluding steroid dienone is 1. The fourth-order valence-corrected chi connectivity index (χ4v) is 1.08. The molecule has 0 aromatic heterocycles. The molecule has 1 atom stereocenters. The van der Waals surface area contributed by atoms with Crippen LogP contribution in [0.15, 0.2) is 12.7 Å². The molecule has 0 radical (unpaired) electrons. The summed E-state index contributed by atoms with van der Waals surface area (Å²) in [5.41, 5.74) is 0. The van der Waals surface area contributed by atoms with Crippen molar-refractivity contribution in [2.24, 2.45) is 0 Å². The molecule has 13 heavy (non-hydrogen) atoms. The molecule has 0 saturated carbocycles.